The highest BCUT2D eigenvalue weighted by atomic mass is 32.1. The highest BCUT2D eigenvalue weighted by Crippen LogP contribution is 2.46. The second-order valence-electron chi connectivity index (χ2n) is 11.0. The molecule has 2 amide bonds. The number of carbonyl (C=O) groups excluding carboxylic acids is 3. The number of nitrogens with one attached hydrogen (secondary N) is 2. The van der Waals surface area contributed by atoms with Crippen molar-refractivity contribution >= 4 is 44.8 Å². The lowest BCUT2D eigenvalue weighted by Gasteiger charge is -2.44. The Kier molecular flexibility index (Phi) is 8.50. The number of ether oxygens (including phenoxy) is 1. The third-order valence-corrected chi connectivity index (χ3v) is 8.62. The van der Waals surface area contributed by atoms with Gasteiger partial charge in [-0.2, -0.15) is 0 Å². The summed E-state index contributed by atoms with van der Waals surface area (Å²) in [5, 5.41) is 5.79. The molecule has 5 heterocycles. The Morgan fingerprint density at radius 2 is 2.05 bits per heavy atom. The van der Waals surface area contributed by atoms with Crippen LogP contribution in [0.2, 0.25) is 0 Å². The van der Waals surface area contributed by atoms with Crippen LogP contribution in [0.4, 0.5) is 9.80 Å². The number of hydrogen-bond acceptors (Lipinski definition) is 8. The fourth-order valence-corrected chi connectivity index (χ4v) is 6.91. The van der Waals surface area contributed by atoms with E-state index >= 15 is 0 Å². The molecule has 2 aromatic heterocycles. The third kappa shape index (κ3) is 6.30. The number of aromatic nitrogens is 1. The average molecular weight is 530 g/mol. The van der Waals surface area contributed by atoms with Gasteiger partial charge in [0.15, 0.2) is 6.29 Å². The molecule has 0 saturated carbocycles. The Hall–Kier alpha value is -2.56. The first-order chi connectivity index (χ1) is 17.7. The molecule has 1 spiro atoms. The highest BCUT2D eigenvalue weighted by Gasteiger charge is 2.54. The van der Waals surface area contributed by atoms with E-state index in [9.17, 15) is 14.4 Å². The molecule has 0 aliphatic carbocycles. The maximum Gasteiger partial charge on any atom is 0.319 e. The second kappa shape index (κ2) is 11.4. The van der Waals surface area contributed by atoms with Crippen LogP contribution in [-0.2, 0) is 9.53 Å². The van der Waals surface area contributed by atoms with E-state index in [1.165, 1.54) is 37.3 Å². The molecule has 5 rings (SSSR count). The molecule has 0 bridgehead atoms. The van der Waals surface area contributed by atoms with Crippen LogP contribution in [0.15, 0.2) is 18.3 Å². The van der Waals surface area contributed by atoms with E-state index in [1.807, 2.05) is 26.8 Å². The predicted molar refractivity (Wildman–Crippen MR) is 146 cm³/mol. The van der Waals surface area contributed by atoms with Crippen LogP contribution >= 0.6 is 11.3 Å². The molecule has 3 aliphatic heterocycles. The van der Waals surface area contributed by atoms with E-state index in [1.54, 1.807) is 12.3 Å². The van der Waals surface area contributed by atoms with Crippen molar-refractivity contribution in [3.63, 3.8) is 0 Å². The normalized spacial score (nSPS) is 24.4. The second-order valence-corrected chi connectivity index (χ2v) is 12.1. The number of amides is 2. The van der Waals surface area contributed by atoms with Crippen molar-refractivity contribution < 1.29 is 19.1 Å². The number of urea groups is 1. The minimum absolute atomic E-state index is 0.0557. The quantitative estimate of drug-likeness (QED) is 0.453. The number of esters is 1. The largest absolute Gasteiger partial charge is 0.459 e. The Morgan fingerprint density at radius 1 is 1.30 bits per heavy atom. The van der Waals surface area contributed by atoms with Gasteiger partial charge in [0.05, 0.1) is 21.2 Å². The van der Waals surface area contributed by atoms with Gasteiger partial charge in [-0.25, -0.2) is 4.79 Å². The van der Waals surface area contributed by atoms with Gasteiger partial charge in [-0.1, -0.05) is 0 Å². The summed E-state index contributed by atoms with van der Waals surface area (Å²) < 4.78 is 6.50. The molecule has 10 heteroatoms. The first kappa shape index (κ1) is 27.5. The minimum Gasteiger partial charge on any atom is -0.459 e. The van der Waals surface area contributed by atoms with Gasteiger partial charge in [-0.05, 0) is 85.3 Å². The van der Waals surface area contributed by atoms with Gasteiger partial charge in [-0.3, -0.25) is 24.8 Å². The van der Waals surface area contributed by atoms with Crippen LogP contribution < -0.4 is 10.6 Å². The number of pyridine rings is 1. The van der Waals surface area contributed by atoms with Crippen LogP contribution in [0, 0.1) is 5.41 Å². The van der Waals surface area contributed by atoms with Gasteiger partial charge in [0.1, 0.15) is 10.6 Å². The Balaban J connectivity index is 0.000000176. The number of aldehydes is 1. The fourth-order valence-electron chi connectivity index (χ4n) is 5.89. The summed E-state index contributed by atoms with van der Waals surface area (Å²) in [7, 11) is 2.20. The number of nitrogens with zero attached hydrogens (tertiary/aromatic N) is 3. The van der Waals surface area contributed by atoms with Crippen molar-refractivity contribution in [2.24, 2.45) is 5.41 Å². The van der Waals surface area contributed by atoms with E-state index < -0.39 is 0 Å². The van der Waals surface area contributed by atoms with Crippen molar-refractivity contribution in [1.82, 2.24) is 20.1 Å². The molecule has 0 aromatic carbocycles. The van der Waals surface area contributed by atoms with E-state index in [-0.39, 0.29) is 23.0 Å². The lowest BCUT2D eigenvalue weighted by Crippen LogP contribution is -2.52. The smallest absolute Gasteiger partial charge is 0.319 e. The van der Waals surface area contributed by atoms with Gasteiger partial charge in [0, 0.05) is 31.7 Å². The lowest BCUT2D eigenvalue weighted by molar-refractivity contribution is -0.154. The zero-order valence-electron chi connectivity index (χ0n) is 22.3. The molecule has 1 unspecified atom stereocenters. The number of thiophene rings is 1. The van der Waals surface area contributed by atoms with Crippen molar-refractivity contribution in [2.45, 2.75) is 64.5 Å². The van der Waals surface area contributed by atoms with Crippen molar-refractivity contribution in [3.8, 4) is 0 Å². The number of likely N-dealkylation sites (tertiary alicyclic amines) is 2. The molecule has 3 fully saturated rings. The maximum absolute atomic E-state index is 12.4. The van der Waals surface area contributed by atoms with Crippen LogP contribution in [-0.4, -0.2) is 84.5 Å². The van der Waals surface area contributed by atoms with Gasteiger partial charge >= 0.3 is 12.0 Å². The molecule has 2 aromatic rings. The summed E-state index contributed by atoms with van der Waals surface area (Å²) in [5.41, 5.74) is 0.564. The molecule has 37 heavy (non-hydrogen) atoms. The Bertz CT molecular complexity index is 1130. The molecule has 1 atom stereocenters. The Labute approximate surface area is 222 Å². The summed E-state index contributed by atoms with van der Waals surface area (Å²) in [6.45, 7) is 10.9. The van der Waals surface area contributed by atoms with Crippen molar-refractivity contribution in [2.75, 3.05) is 45.1 Å². The van der Waals surface area contributed by atoms with E-state index in [0.29, 0.717) is 35.0 Å². The number of fused-ring (bicyclic) bond motifs is 1. The van der Waals surface area contributed by atoms with Gasteiger partial charge in [-0.15, -0.1) is 11.3 Å². The highest BCUT2D eigenvalue weighted by molar-refractivity contribution is 7.23. The fraction of sp³-hybridized carbons (Fsp3) is 0.630. The van der Waals surface area contributed by atoms with Crippen LogP contribution in [0.5, 0.6) is 0 Å². The molecule has 202 valence electrons. The summed E-state index contributed by atoms with van der Waals surface area (Å²) in [4.78, 5) is 44.0. The molecular weight excluding hydrogens is 490 g/mol. The zero-order valence-corrected chi connectivity index (χ0v) is 23.2. The van der Waals surface area contributed by atoms with Crippen LogP contribution in [0.25, 0.3) is 10.2 Å². The molecular formula is C27H39N5O4S. The van der Waals surface area contributed by atoms with Gasteiger partial charge in [0.2, 0.25) is 0 Å². The maximum atomic E-state index is 12.4. The third-order valence-electron chi connectivity index (χ3n) is 7.54. The summed E-state index contributed by atoms with van der Waals surface area (Å²) >= 11 is 1.34. The first-order valence-electron chi connectivity index (χ1n) is 13.2. The Morgan fingerprint density at radius 3 is 2.70 bits per heavy atom. The number of piperidine rings is 2. The summed E-state index contributed by atoms with van der Waals surface area (Å²) in [5.74, 6) is 0.0557. The van der Waals surface area contributed by atoms with E-state index in [0.717, 1.165) is 37.1 Å². The monoisotopic (exact) mass is 529 g/mol. The topological polar surface area (TPSA) is 104 Å². The van der Waals surface area contributed by atoms with E-state index in [4.69, 9.17) is 4.74 Å². The number of anilines is 1. The zero-order chi connectivity index (χ0) is 26.6. The number of hydrogen-bond donors (Lipinski definition) is 2. The standard InChI is InChI=1S/C16H28N2O2.C11H11N3O2S/c1-15(2)11-16(14(19)20-15)7-4-8-18(12-16)13-5-9-17(3)10-6-13;1-2-12-11(16)14-10-7(6-15)9-8(17-10)4-3-5-13-9/h13H,4-12H2,1-3H3;3-6H,2H2,1H3,(H2,12,14,16). The first-order valence-corrected chi connectivity index (χ1v) is 14.0. The molecule has 0 radical (unpaired) electrons. The lowest BCUT2D eigenvalue weighted by atomic mass is 9.74. The van der Waals surface area contributed by atoms with Crippen molar-refractivity contribution in [3.05, 3.63) is 23.9 Å². The summed E-state index contributed by atoms with van der Waals surface area (Å²) in [6.07, 6.45) is 7.86. The van der Waals surface area contributed by atoms with Crippen molar-refractivity contribution in [1.29, 1.82) is 0 Å². The van der Waals surface area contributed by atoms with Crippen LogP contribution in [0.3, 0.4) is 0 Å². The van der Waals surface area contributed by atoms with Gasteiger partial charge in [0.25, 0.3) is 0 Å². The number of cyclic esters (lactones) is 1. The van der Waals surface area contributed by atoms with E-state index in [2.05, 4.69) is 32.5 Å². The molecule has 3 saturated heterocycles. The number of rotatable bonds is 4. The van der Waals surface area contributed by atoms with Gasteiger partial charge < -0.3 is 15.0 Å². The molecule has 2 N–H and O–H groups in total. The number of carbonyl (C=O) groups is 3. The molecule has 3 aliphatic rings. The van der Waals surface area contributed by atoms with Crippen LogP contribution in [0.1, 0.15) is 63.2 Å². The molecule has 9 nitrogen and oxygen atoms in total. The SMILES string of the molecule is CCNC(=O)Nc1sc2cccnc2c1C=O.CN1CCC(N2CCCC3(C2)CC(C)(C)OC3=O)CC1. The average Bonchev–Trinajstić information content (AvgIpc) is 3.31. The minimum atomic E-state index is -0.317. The summed E-state index contributed by atoms with van der Waals surface area (Å²) in [6, 6.07) is 4.01. The predicted octanol–water partition coefficient (Wildman–Crippen LogP) is 4.14.